The zero-order chi connectivity index (χ0) is 12.0. The highest BCUT2D eigenvalue weighted by atomic mass is 16.1. The molecular weight excluding hydrogens is 204 g/mol. The van der Waals surface area contributed by atoms with Gasteiger partial charge in [0.15, 0.2) is 0 Å². The molecule has 1 aromatic rings. The average Bonchev–Trinajstić information content (AvgIpc) is 2.25. The predicted molar refractivity (Wildman–Crippen MR) is 63.2 cm³/mol. The molecule has 0 heterocycles. The lowest BCUT2D eigenvalue weighted by molar-refractivity contribution is -0.116. The Balaban J connectivity index is 2.56. The van der Waals surface area contributed by atoms with Gasteiger partial charge in [-0.3, -0.25) is 9.59 Å². The molecule has 0 spiro atoms. The van der Waals surface area contributed by atoms with Crippen LogP contribution in [0.4, 0.5) is 5.69 Å². The Hall–Kier alpha value is -1.84. The van der Waals surface area contributed by atoms with E-state index in [1.807, 2.05) is 32.0 Å². The van der Waals surface area contributed by atoms with Crippen LogP contribution in [0.3, 0.4) is 0 Å². The Morgan fingerprint density at radius 2 is 2.12 bits per heavy atom. The first-order chi connectivity index (χ1) is 7.65. The van der Waals surface area contributed by atoms with Crippen molar-refractivity contribution in [2.45, 2.75) is 20.3 Å². The van der Waals surface area contributed by atoms with Crippen molar-refractivity contribution in [1.82, 2.24) is 5.32 Å². The summed E-state index contributed by atoms with van der Waals surface area (Å²) in [6.45, 7) is 4.33. The van der Waals surface area contributed by atoms with E-state index in [9.17, 15) is 9.59 Å². The molecule has 0 aliphatic rings. The lowest BCUT2D eigenvalue weighted by atomic mass is 10.1. The van der Waals surface area contributed by atoms with Crippen molar-refractivity contribution >= 4 is 18.0 Å². The lowest BCUT2D eigenvalue weighted by Crippen LogP contribution is -2.20. The van der Waals surface area contributed by atoms with Gasteiger partial charge in [-0.25, -0.2) is 0 Å². The molecule has 1 rings (SSSR count). The highest BCUT2D eigenvalue weighted by Crippen LogP contribution is 2.17. The van der Waals surface area contributed by atoms with Gasteiger partial charge in [0.25, 0.3) is 0 Å². The van der Waals surface area contributed by atoms with Gasteiger partial charge >= 0.3 is 0 Å². The number of aryl methyl sites for hydroxylation is 1. The molecule has 0 bridgehead atoms. The SMILES string of the molecule is Cc1cccc(NC(=O)CCNC=O)c1C. The van der Waals surface area contributed by atoms with Gasteiger partial charge in [-0.15, -0.1) is 0 Å². The molecule has 4 heteroatoms. The van der Waals surface area contributed by atoms with Gasteiger partial charge < -0.3 is 10.6 Å². The van der Waals surface area contributed by atoms with Crippen molar-refractivity contribution in [1.29, 1.82) is 0 Å². The highest BCUT2D eigenvalue weighted by Gasteiger charge is 2.05. The second-order valence-electron chi connectivity index (χ2n) is 3.62. The van der Waals surface area contributed by atoms with E-state index in [4.69, 9.17) is 0 Å². The van der Waals surface area contributed by atoms with Crippen LogP contribution in [0, 0.1) is 13.8 Å². The fourth-order valence-corrected chi connectivity index (χ4v) is 1.34. The first kappa shape index (κ1) is 12.2. The smallest absolute Gasteiger partial charge is 0.226 e. The van der Waals surface area contributed by atoms with E-state index >= 15 is 0 Å². The van der Waals surface area contributed by atoms with Crippen molar-refractivity contribution in [3.05, 3.63) is 29.3 Å². The third-order valence-corrected chi connectivity index (χ3v) is 2.46. The summed E-state index contributed by atoms with van der Waals surface area (Å²) in [6, 6.07) is 5.77. The normalized spacial score (nSPS) is 9.62. The molecule has 0 atom stereocenters. The monoisotopic (exact) mass is 220 g/mol. The zero-order valence-corrected chi connectivity index (χ0v) is 9.54. The van der Waals surface area contributed by atoms with Crippen LogP contribution in [-0.2, 0) is 9.59 Å². The summed E-state index contributed by atoms with van der Waals surface area (Å²) >= 11 is 0. The maximum atomic E-state index is 11.5. The van der Waals surface area contributed by atoms with Gasteiger partial charge in [0.1, 0.15) is 0 Å². The molecule has 86 valence electrons. The number of anilines is 1. The quantitative estimate of drug-likeness (QED) is 0.581. The van der Waals surface area contributed by atoms with Gasteiger partial charge in [-0.2, -0.15) is 0 Å². The number of rotatable bonds is 5. The Bertz CT molecular complexity index is 389. The number of nitrogens with one attached hydrogen (secondary N) is 2. The van der Waals surface area contributed by atoms with Crippen LogP contribution >= 0.6 is 0 Å². The van der Waals surface area contributed by atoms with Crippen LogP contribution in [0.15, 0.2) is 18.2 Å². The molecular formula is C12H16N2O2. The van der Waals surface area contributed by atoms with E-state index in [2.05, 4.69) is 10.6 Å². The maximum Gasteiger partial charge on any atom is 0.226 e. The Morgan fingerprint density at radius 3 is 2.81 bits per heavy atom. The van der Waals surface area contributed by atoms with Crippen LogP contribution in [0.5, 0.6) is 0 Å². The molecule has 0 fully saturated rings. The standard InChI is InChI=1S/C12H16N2O2/c1-9-4-3-5-11(10(9)2)14-12(16)6-7-13-8-15/h3-5,8H,6-7H2,1-2H3,(H,13,15)(H,14,16). The summed E-state index contributed by atoms with van der Waals surface area (Å²) in [6.07, 6.45) is 0.872. The molecule has 0 aliphatic heterocycles. The number of carbonyl (C=O) groups is 2. The minimum atomic E-state index is -0.0944. The molecule has 16 heavy (non-hydrogen) atoms. The highest BCUT2D eigenvalue weighted by molar-refractivity contribution is 5.91. The second-order valence-corrected chi connectivity index (χ2v) is 3.62. The number of hydrogen-bond acceptors (Lipinski definition) is 2. The first-order valence-electron chi connectivity index (χ1n) is 5.18. The minimum absolute atomic E-state index is 0.0944. The lowest BCUT2D eigenvalue weighted by Gasteiger charge is -2.09. The fourth-order valence-electron chi connectivity index (χ4n) is 1.34. The number of benzene rings is 1. The van der Waals surface area contributed by atoms with E-state index in [1.165, 1.54) is 0 Å². The molecule has 2 N–H and O–H groups in total. The van der Waals surface area contributed by atoms with E-state index in [0.29, 0.717) is 13.0 Å². The third-order valence-electron chi connectivity index (χ3n) is 2.46. The average molecular weight is 220 g/mol. The fraction of sp³-hybridized carbons (Fsp3) is 0.333. The third kappa shape index (κ3) is 3.38. The summed E-state index contributed by atoms with van der Waals surface area (Å²) in [5, 5.41) is 5.26. The number of hydrogen-bond donors (Lipinski definition) is 2. The largest absolute Gasteiger partial charge is 0.358 e. The molecule has 0 unspecified atom stereocenters. The molecule has 4 nitrogen and oxygen atoms in total. The van der Waals surface area contributed by atoms with Crippen molar-refractivity contribution in [3.8, 4) is 0 Å². The first-order valence-corrected chi connectivity index (χ1v) is 5.18. The molecule has 0 saturated heterocycles. The number of amides is 2. The summed E-state index contributed by atoms with van der Waals surface area (Å²) < 4.78 is 0. The molecule has 0 saturated carbocycles. The predicted octanol–water partition coefficient (Wildman–Crippen LogP) is 1.38. The minimum Gasteiger partial charge on any atom is -0.358 e. The zero-order valence-electron chi connectivity index (χ0n) is 9.54. The van der Waals surface area contributed by atoms with E-state index in [-0.39, 0.29) is 12.3 Å². The Labute approximate surface area is 95.0 Å². The van der Waals surface area contributed by atoms with Crippen molar-refractivity contribution in [2.24, 2.45) is 0 Å². The van der Waals surface area contributed by atoms with Gasteiger partial charge in [-0.05, 0) is 31.0 Å². The maximum absolute atomic E-state index is 11.5. The van der Waals surface area contributed by atoms with Gasteiger partial charge in [-0.1, -0.05) is 12.1 Å². The van der Waals surface area contributed by atoms with Crippen LogP contribution in [0.2, 0.25) is 0 Å². The van der Waals surface area contributed by atoms with Crippen molar-refractivity contribution in [2.75, 3.05) is 11.9 Å². The summed E-state index contributed by atoms with van der Waals surface area (Å²) in [7, 11) is 0. The summed E-state index contributed by atoms with van der Waals surface area (Å²) in [5.74, 6) is -0.0944. The van der Waals surface area contributed by atoms with E-state index in [0.717, 1.165) is 16.8 Å². The second kappa shape index (κ2) is 5.90. The van der Waals surface area contributed by atoms with Crippen LogP contribution < -0.4 is 10.6 Å². The summed E-state index contributed by atoms with van der Waals surface area (Å²) in [4.78, 5) is 21.5. The van der Waals surface area contributed by atoms with Gasteiger partial charge in [0, 0.05) is 18.7 Å². The van der Waals surface area contributed by atoms with Crippen molar-refractivity contribution < 1.29 is 9.59 Å². The molecule has 0 aromatic heterocycles. The Morgan fingerprint density at radius 1 is 1.38 bits per heavy atom. The van der Waals surface area contributed by atoms with Crippen LogP contribution in [-0.4, -0.2) is 18.9 Å². The van der Waals surface area contributed by atoms with Crippen LogP contribution in [0.25, 0.3) is 0 Å². The van der Waals surface area contributed by atoms with E-state index in [1.54, 1.807) is 0 Å². The topological polar surface area (TPSA) is 58.2 Å². The molecule has 2 amide bonds. The number of carbonyl (C=O) groups excluding carboxylic acids is 2. The summed E-state index contributed by atoms with van der Waals surface area (Å²) in [5.41, 5.74) is 3.04. The van der Waals surface area contributed by atoms with Gasteiger partial charge in [0.2, 0.25) is 12.3 Å². The molecule has 1 aromatic carbocycles. The van der Waals surface area contributed by atoms with Crippen molar-refractivity contribution in [3.63, 3.8) is 0 Å². The molecule has 0 aliphatic carbocycles. The van der Waals surface area contributed by atoms with Gasteiger partial charge in [0.05, 0.1) is 0 Å². The molecule has 0 radical (unpaired) electrons. The van der Waals surface area contributed by atoms with Crippen LogP contribution in [0.1, 0.15) is 17.5 Å². The van der Waals surface area contributed by atoms with E-state index < -0.39 is 0 Å². The Kier molecular flexibility index (Phi) is 4.51.